The van der Waals surface area contributed by atoms with Gasteiger partial charge in [-0.25, -0.2) is 4.98 Å². The number of aromatic nitrogens is 2. The third-order valence-corrected chi connectivity index (χ3v) is 6.74. The number of carbonyl (C=O) groups excluding carboxylic acids is 1. The predicted octanol–water partition coefficient (Wildman–Crippen LogP) is 2.88. The minimum Gasteiger partial charge on any atom is -0.486 e. The molecule has 3 aromatic rings. The number of aromatic amines is 1. The van der Waals surface area contributed by atoms with E-state index >= 15 is 0 Å². The first kappa shape index (κ1) is 19.1. The SMILES string of the molecule is O=C(CCc1nc2sc3c(c2c(=O)[nH]1)CCCC3)NCc1ccc2c(c1)OCCO2. The first-order valence-electron chi connectivity index (χ1n) is 10.4. The lowest BCUT2D eigenvalue weighted by molar-refractivity contribution is -0.121. The van der Waals surface area contributed by atoms with Gasteiger partial charge in [-0.3, -0.25) is 9.59 Å². The third-order valence-electron chi connectivity index (χ3n) is 5.56. The first-order valence-corrected chi connectivity index (χ1v) is 11.2. The topological polar surface area (TPSA) is 93.3 Å². The van der Waals surface area contributed by atoms with Crippen LogP contribution in [0.25, 0.3) is 10.2 Å². The fourth-order valence-corrected chi connectivity index (χ4v) is 5.33. The van der Waals surface area contributed by atoms with Crippen molar-refractivity contribution in [1.82, 2.24) is 15.3 Å². The molecular formula is C22H23N3O4S. The molecule has 156 valence electrons. The van der Waals surface area contributed by atoms with Crippen LogP contribution in [0.1, 0.15) is 41.1 Å². The number of nitrogens with one attached hydrogen (secondary N) is 2. The molecule has 0 unspecified atom stereocenters. The van der Waals surface area contributed by atoms with Crippen LogP contribution >= 0.6 is 11.3 Å². The molecule has 1 amide bonds. The van der Waals surface area contributed by atoms with E-state index in [2.05, 4.69) is 15.3 Å². The number of rotatable bonds is 5. The summed E-state index contributed by atoms with van der Waals surface area (Å²) in [5.74, 6) is 1.93. The highest BCUT2D eigenvalue weighted by molar-refractivity contribution is 7.18. The van der Waals surface area contributed by atoms with Crippen LogP contribution in [0.4, 0.5) is 0 Å². The van der Waals surface area contributed by atoms with Crippen molar-refractivity contribution in [3.63, 3.8) is 0 Å². The van der Waals surface area contributed by atoms with Crippen molar-refractivity contribution in [2.45, 2.75) is 45.1 Å². The minimum atomic E-state index is -0.0851. The second-order valence-corrected chi connectivity index (χ2v) is 8.74. The maximum Gasteiger partial charge on any atom is 0.259 e. The van der Waals surface area contributed by atoms with Crippen molar-refractivity contribution in [3.8, 4) is 11.5 Å². The van der Waals surface area contributed by atoms with Crippen LogP contribution in [0.3, 0.4) is 0 Å². The molecule has 5 rings (SSSR count). The number of carbonyl (C=O) groups is 1. The van der Waals surface area contributed by atoms with Gasteiger partial charge in [0.2, 0.25) is 5.91 Å². The number of nitrogens with zero attached hydrogens (tertiary/aromatic N) is 1. The molecule has 8 heteroatoms. The summed E-state index contributed by atoms with van der Waals surface area (Å²) in [5, 5.41) is 3.67. The van der Waals surface area contributed by atoms with Gasteiger partial charge in [0.25, 0.3) is 5.56 Å². The second-order valence-electron chi connectivity index (χ2n) is 7.66. The Morgan fingerprint density at radius 3 is 2.90 bits per heavy atom. The maximum absolute atomic E-state index is 12.6. The van der Waals surface area contributed by atoms with Gasteiger partial charge in [0.15, 0.2) is 11.5 Å². The van der Waals surface area contributed by atoms with Gasteiger partial charge in [-0.05, 0) is 48.9 Å². The van der Waals surface area contributed by atoms with Gasteiger partial charge in [0.1, 0.15) is 23.9 Å². The van der Waals surface area contributed by atoms with Crippen LogP contribution < -0.4 is 20.3 Å². The number of H-pyrrole nitrogens is 1. The van der Waals surface area contributed by atoms with E-state index in [4.69, 9.17) is 9.47 Å². The molecule has 0 atom stereocenters. The fourth-order valence-electron chi connectivity index (χ4n) is 4.05. The molecule has 0 saturated heterocycles. The Hall–Kier alpha value is -2.87. The molecule has 0 bridgehead atoms. The molecule has 2 aromatic heterocycles. The molecule has 0 radical (unpaired) electrons. The Labute approximate surface area is 177 Å². The van der Waals surface area contributed by atoms with Crippen molar-refractivity contribution in [2.24, 2.45) is 0 Å². The number of thiophene rings is 1. The summed E-state index contributed by atoms with van der Waals surface area (Å²) in [5.41, 5.74) is 2.05. The molecule has 2 N–H and O–H groups in total. The molecule has 0 saturated carbocycles. The molecule has 1 aliphatic heterocycles. The van der Waals surface area contributed by atoms with E-state index < -0.39 is 0 Å². The highest BCUT2D eigenvalue weighted by Crippen LogP contribution is 2.33. The summed E-state index contributed by atoms with van der Waals surface area (Å²) in [6.45, 7) is 1.50. The maximum atomic E-state index is 12.6. The van der Waals surface area contributed by atoms with Gasteiger partial charge < -0.3 is 19.8 Å². The molecular weight excluding hydrogens is 402 g/mol. The van der Waals surface area contributed by atoms with Crippen molar-refractivity contribution in [3.05, 3.63) is 50.4 Å². The summed E-state index contributed by atoms with van der Waals surface area (Å²) < 4.78 is 11.1. The van der Waals surface area contributed by atoms with E-state index in [9.17, 15) is 9.59 Å². The Kier molecular flexibility index (Phi) is 5.16. The molecule has 1 aromatic carbocycles. The minimum absolute atomic E-state index is 0.0777. The number of amides is 1. The van der Waals surface area contributed by atoms with E-state index in [1.807, 2.05) is 18.2 Å². The normalized spacial score (nSPS) is 15.1. The molecule has 7 nitrogen and oxygen atoms in total. The summed E-state index contributed by atoms with van der Waals surface area (Å²) in [6.07, 6.45) is 4.97. The number of aryl methyl sites for hydroxylation is 3. The highest BCUT2D eigenvalue weighted by Gasteiger charge is 2.20. The molecule has 1 aliphatic carbocycles. The Balaban J connectivity index is 1.21. The Bertz CT molecular complexity index is 1170. The number of hydrogen-bond acceptors (Lipinski definition) is 6. The monoisotopic (exact) mass is 425 g/mol. The van der Waals surface area contributed by atoms with Crippen LogP contribution in [0.5, 0.6) is 11.5 Å². The first-order chi connectivity index (χ1) is 14.7. The van der Waals surface area contributed by atoms with Crippen molar-refractivity contribution >= 4 is 27.5 Å². The summed E-state index contributed by atoms with van der Waals surface area (Å²) in [7, 11) is 0. The van der Waals surface area contributed by atoms with Crippen molar-refractivity contribution in [1.29, 1.82) is 0 Å². The average molecular weight is 426 g/mol. The molecule has 0 spiro atoms. The van der Waals surface area contributed by atoms with Crippen LogP contribution in [-0.4, -0.2) is 29.1 Å². The van der Waals surface area contributed by atoms with Crippen molar-refractivity contribution in [2.75, 3.05) is 13.2 Å². The quantitative estimate of drug-likeness (QED) is 0.656. The van der Waals surface area contributed by atoms with Gasteiger partial charge >= 0.3 is 0 Å². The lowest BCUT2D eigenvalue weighted by Crippen LogP contribution is -2.24. The number of fused-ring (bicyclic) bond motifs is 4. The largest absolute Gasteiger partial charge is 0.486 e. The van der Waals surface area contributed by atoms with Crippen LogP contribution in [0.2, 0.25) is 0 Å². The van der Waals surface area contributed by atoms with Gasteiger partial charge in [0, 0.05) is 24.3 Å². The Morgan fingerprint density at radius 1 is 1.17 bits per heavy atom. The van der Waals surface area contributed by atoms with Gasteiger partial charge in [-0.2, -0.15) is 0 Å². The summed E-state index contributed by atoms with van der Waals surface area (Å²) in [4.78, 5) is 34.5. The van der Waals surface area contributed by atoms with E-state index in [0.717, 1.165) is 40.8 Å². The van der Waals surface area contributed by atoms with Gasteiger partial charge in [-0.1, -0.05) is 6.07 Å². The van der Waals surface area contributed by atoms with Crippen molar-refractivity contribution < 1.29 is 14.3 Å². The molecule has 3 heterocycles. The lowest BCUT2D eigenvalue weighted by Gasteiger charge is -2.19. The van der Waals surface area contributed by atoms with E-state index in [1.165, 1.54) is 16.9 Å². The molecule has 30 heavy (non-hydrogen) atoms. The Morgan fingerprint density at radius 2 is 2.00 bits per heavy atom. The highest BCUT2D eigenvalue weighted by atomic mass is 32.1. The van der Waals surface area contributed by atoms with E-state index in [1.54, 1.807) is 11.3 Å². The smallest absolute Gasteiger partial charge is 0.259 e. The second kappa shape index (κ2) is 8.10. The zero-order valence-electron chi connectivity index (χ0n) is 16.6. The van der Waals surface area contributed by atoms with Crippen LogP contribution in [0, 0.1) is 0 Å². The van der Waals surface area contributed by atoms with Gasteiger partial charge in [-0.15, -0.1) is 11.3 Å². The molecule has 2 aliphatic rings. The zero-order chi connectivity index (χ0) is 20.5. The standard InChI is InChI=1S/C22H23N3O4S/c26-19(23-12-13-5-6-15-16(11-13)29-10-9-28-15)8-7-18-24-21(27)20-14-3-1-2-4-17(14)30-22(20)25-18/h5-6,11H,1-4,7-10,12H2,(H,23,26)(H,24,25,27). The van der Waals surface area contributed by atoms with E-state index in [-0.39, 0.29) is 17.9 Å². The summed E-state index contributed by atoms with van der Waals surface area (Å²) >= 11 is 1.63. The van der Waals surface area contributed by atoms with Gasteiger partial charge in [0.05, 0.1) is 5.39 Å². The number of benzene rings is 1. The number of hydrogen-bond donors (Lipinski definition) is 2. The lowest BCUT2D eigenvalue weighted by atomic mass is 9.97. The third kappa shape index (κ3) is 3.79. The van der Waals surface area contributed by atoms with E-state index in [0.29, 0.717) is 37.8 Å². The fraction of sp³-hybridized carbons (Fsp3) is 0.409. The zero-order valence-corrected chi connectivity index (χ0v) is 17.4. The average Bonchev–Trinajstić information content (AvgIpc) is 3.15. The van der Waals surface area contributed by atoms with Crippen LogP contribution in [0.15, 0.2) is 23.0 Å². The number of ether oxygens (including phenoxy) is 2. The van der Waals surface area contributed by atoms with Crippen LogP contribution in [-0.2, 0) is 30.6 Å². The predicted molar refractivity (Wildman–Crippen MR) is 114 cm³/mol. The summed E-state index contributed by atoms with van der Waals surface area (Å²) in [6, 6.07) is 5.67. The molecule has 0 fully saturated rings.